The molecule has 23 heavy (non-hydrogen) atoms. The largest absolute Gasteiger partial charge is 0.481 e. The lowest BCUT2D eigenvalue weighted by Crippen LogP contribution is -2.20. The van der Waals surface area contributed by atoms with Gasteiger partial charge in [-0.2, -0.15) is 0 Å². The maximum absolute atomic E-state index is 13.5. The van der Waals surface area contributed by atoms with Crippen LogP contribution in [0.5, 0.6) is 0 Å². The van der Waals surface area contributed by atoms with Gasteiger partial charge in [-0.25, -0.2) is 4.39 Å². The van der Waals surface area contributed by atoms with Crippen molar-refractivity contribution in [2.75, 3.05) is 0 Å². The maximum atomic E-state index is 13.5. The minimum atomic E-state index is -1.03. The minimum absolute atomic E-state index is 0.199. The van der Waals surface area contributed by atoms with Gasteiger partial charge in [-0.15, -0.1) is 0 Å². The number of nitrogens with zero attached hydrogens (tertiary/aromatic N) is 1. The van der Waals surface area contributed by atoms with E-state index in [1.165, 1.54) is 29.0 Å². The topological polar surface area (TPSA) is 59.3 Å². The molecule has 2 aromatic rings. The first kappa shape index (κ1) is 15.5. The van der Waals surface area contributed by atoms with Crippen LogP contribution in [0.2, 0.25) is 0 Å². The number of hydrogen-bond donors (Lipinski definition) is 1. The molecule has 0 saturated heterocycles. The zero-order chi connectivity index (χ0) is 16.6. The molecule has 1 heterocycles. The van der Waals surface area contributed by atoms with E-state index in [-0.39, 0.29) is 18.2 Å². The average molecular weight is 334 g/mol. The fourth-order valence-electron chi connectivity index (χ4n) is 2.71. The number of carboxylic acid groups (broad SMARTS) is 1. The summed E-state index contributed by atoms with van der Waals surface area (Å²) < 4.78 is 14.9. The molecular weight excluding hydrogens is 321 g/mol. The first-order chi connectivity index (χ1) is 11.0. The lowest BCUT2D eigenvalue weighted by molar-refractivity contribution is -0.136. The monoisotopic (exact) mass is 333 g/mol. The van der Waals surface area contributed by atoms with Gasteiger partial charge in [0.15, 0.2) is 0 Å². The Kier molecular flexibility index (Phi) is 4.05. The van der Waals surface area contributed by atoms with E-state index in [1.54, 1.807) is 18.2 Å². The van der Waals surface area contributed by atoms with Crippen molar-refractivity contribution >= 4 is 34.4 Å². The summed E-state index contributed by atoms with van der Waals surface area (Å²) in [4.78, 5) is 23.7. The lowest BCUT2D eigenvalue weighted by atomic mass is 10.00. The highest BCUT2D eigenvalue weighted by atomic mass is 35.5. The van der Waals surface area contributed by atoms with E-state index in [0.717, 1.165) is 0 Å². The second-order valence-corrected chi connectivity index (χ2v) is 5.82. The van der Waals surface area contributed by atoms with E-state index in [9.17, 15) is 14.0 Å². The van der Waals surface area contributed by atoms with Crippen LogP contribution in [0, 0.1) is 11.7 Å². The zero-order valence-electron chi connectivity index (χ0n) is 12.0. The van der Waals surface area contributed by atoms with Crippen molar-refractivity contribution in [1.29, 1.82) is 0 Å². The van der Waals surface area contributed by atoms with E-state index < -0.39 is 11.8 Å². The van der Waals surface area contributed by atoms with Crippen molar-refractivity contribution in [3.8, 4) is 0 Å². The highest BCUT2D eigenvalue weighted by Crippen LogP contribution is 2.27. The van der Waals surface area contributed by atoms with Crippen molar-refractivity contribution < 1.29 is 19.1 Å². The van der Waals surface area contributed by atoms with Crippen LogP contribution in [0.4, 0.5) is 4.39 Å². The van der Waals surface area contributed by atoms with Gasteiger partial charge >= 0.3 is 5.97 Å². The van der Waals surface area contributed by atoms with Crippen LogP contribution in [0.15, 0.2) is 47.7 Å². The Bertz CT molecular complexity index is 866. The van der Waals surface area contributed by atoms with Crippen molar-refractivity contribution in [3.63, 3.8) is 0 Å². The summed E-state index contributed by atoms with van der Waals surface area (Å²) in [6.07, 6.45) is 6.83. The van der Waals surface area contributed by atoms with Crippen LogP contribution < -0.4 is 0 Å². The van der Waals surface area contributed by atoms with Crippen LogP contribution in [-0.4, -0.2) is 21.6 Å². The predicted octanol–water partition coefficient (Wildman–Crippen LogP) is 3.75. The SMILES string of the molecule is O=C(O)Cc1cn(C(=O)C2C=CC(Cl)=CC2)c2ccc(F)cc12. The molecule has 0 fully saturated rings. The fraction of sp³-hybridized carbons (Fsp3) is 0.176. The molecular formula is C17H13ClFNO3. The molecule has 0 bridgehead atoms. The Hall–Kier alpha value is -2.40. The Balaban J connectivity index is 2.05. The molecule has 0 aliphatic heterocycles. The Labute approximate surface area is 136 Å². The minimum Gasteiger partial charge on any atom is -0.481 e. The number of rotatable bonds is 3. The number of benzene rings is 1. The van der Waals surface area contributed by atoms with E-state index in [4.69, 9.17) is 16.7 Å². The standard InChI is InChI=1S/C17H13ClFNO3/c18-12-3-1-10(2-4-12)17(23)20-9-11(7-16(21)22)14-8-13(19)5-6-15(14)20/h1,3-6,8-10H,2,7H2,(H,21,22). The molecule has 1 aliphatic rings. The number of hydrogen-bond acceptors (Lipinski definition) is 2. The third kappa shape index (κ3) is 3.05. The van der Waals surface area contributed by atoms with Crippen molar-refractivity contribution in [2.24, 2.45) is 5.92 Å². The van der Waals surface area contributed by atoms with E-state index in [2.05, 4.69) is 0 Å². The van der Waals surface area contributed by atoms with Crippen molar-refractivity contribution in [3.05, 3.63) is 59.0 Å². The maximum Gasteiger partial charge on any atom is 0.307 e. The first-order valence-corrected chi connectivity index (χ1v) is 7.43. The first-order valence-electron chi connectivity index (χ1n) is 7.05. The van der Waals surface area contributed by atoms with E-state index in [1.807, 2.05) is 0 Å². The molecule has 0 radical (unpaired) electrons. The summed E-state index contributed by atoms with van der Waals surface area (Å²) >= 11 is 5.86. The average Bonchev–Trinajstić information content (AvgIpc) is 2.84. The van der Waals surface area contributed by atoms with Crippen molar-refractivity contribution in [2.45, 2.75) is 12.8 Å². The third-order valence-electron chi connectivity index (χ3n) is 3.80. The van der Waals surface area contributed by atoms with Gasteiger partial charge in [0.1, 0.15) is 5.82 Å². The summed E-state index contributed by atoms with van der Waals surface area (Å²) in [5, 5.41) is 10.0. The fourth-order valence-corrected chi connectivity index (χ4v) is 2.87. The molecule has 3 rings (SSSR count). The number of carbonyl (C=O) groups is 2. The Morgan fingerprint density at radius 1 is 1.39 bits per heavy atom. The highest BCUT2D eigenvalue weighted by Gasteiger charge is 2.22. The summed E-state index contributed by atoms with van der Waals surface area (Å²) in [5.41, 5.74) is 0.912. The molecule has 1 aromatic carbocycles. The van der Waals surface area contributed by atoms with Gasteiger partial charge < -0.3 is 5.11 Å². The number of fused-ring (bicyclic) bond motifs is 1. The molecule has 118 valence electrons. The van der Waals surface area contributed by atoms with E-state index >= 15 is 0 Å². The molecule has 1 aliphatic carbocycles. The predicted molar refractivity (Wildman–Crippen MR) is 85.0 cm³/mol. The quantitative estimate of drug-likeness (QED) is 0.930. The van der Waals surface area contributed by atoms with Gasteiger partial charge in [0.25, 0.3) is 0 Å². The highest BCUT2D eigenvalue weighted by molar-refractivity contribution is 6.31. The molecule has 0 amide bonds. The molecule has 1 aromatic heterocycles. The normalized spacial score (nSPS) is 17.3. The molecule has 6 heteroatoms. The Morgan fingerprint density at radius 2 is 2.17 bits per heavy atom. The number of carbonyl (C=O) groups excluding carboxylic acids is 1. The van der Waals surface area contributed by atoms with Gasteiger partial charge in [0.2, 0.25) is 5.91 Å². The molecule has 4 nitrogen and oxygen atoms in total. The second kappa shape index (κ2) is 6.01. The van der Waals surface area contributed by atoms with Gasteiger partial charge in [-0.05, 0) is 36.3 Å². The summed E-state index contributed by atoms with van der Waals surface area (Å²) in [7, 11) is 0. The van der Waals surface area contributed by atoms with Crippen LogP contribution in [0.25, 0.3) is 10.9 Å². The van der Waals surface area contributed by atoms with Crippen LogP contribution in [0.1, 0.15) is 16.8 Å². The molecule has 1 N–H and O–H groups in total. The van der Waals surface area contributed by atoms with Gasteiger partial charge in [-0.3, -0.25) is 14.2 Å². The number of halogens is 2. The van der Waals surface area contributed by atoms with Crippen molar-refractivity contribution in [1.82, 2.24) is 4.57 Å². The smallest absolute Gasteiger partial charge is 0.307 e. The van der Waals surface area contributed by atoms with Crippen LogP contribution in [-0.2, 0) is 11.2 Å². The molecule has 0 saturated carbocycles. The van der Waals surface area contributed by atoms with Gasteiger partial charge in [0, 0.05) is 16.6 Å². The third-order valence-corrected chi connectivity index (χ3v) is 4.08. The number of aliphatic carboxylic acids is 1. The van der Waals surface area contributed by atoms with Gasteiger partial charge in [-0.1, -0.05) is 23.8 Å². The molecule has 1 unspecified atom stereocenters. The zero-order valence-corrected chi connectivity index (χ0v) is 12.8. The van der Waals surface area contributed by atoms with Crippen LogP contribution in [0.3, 0.4) is 0 Å². The molecule has 1 atom stereocenters. The van der Waals surface area contributed by atoms with Gasteiger partial charge in [0.05, 0.1) is 17.9 Å². The number of aromatic nitrogens is 1. The number of allylic oxidation sites excluding steroid dienone is 4. The summed E-state index contributed by atoms with van der Waals surface area (Å²) in [5.74, 6) is -2.08. The lowest BCUT2D eigenvalue weighted by Gasteiger charge is -2.14. The van der Waals surface area contributed by atoms with Crippen LogP contribution >= 0.6 is 11.6 Å². The number of carboxylic acids is 1. The second-order valence-electron chi connectivity index (χ2n) is 5.38. The Morgan fingerprint density at radius 3 is 2.83 bits per heavy atom. The summed E-state index contributed by atoms with van der Waals surface area (Å²) in [6.45, 7) is 0. The van der Waals surface area contributed by atoms with E-state index in [0.29, 0.717) is 27.9 Å². The summed E-state index contributed by atoms with van der Waals surface area (Å²) in [6, 6.07) is 4.00. The molecule has 0 spiro atoms.